The van der Waals surface area contributed by atoms with E-state index in [0.29, 0.717) is 12.5 Å². The molecule has 0 aromatic carbocycles. The molecule has 0 N–H and O–H groups in total. The van der Waals surface area contributed by atoms with Crippen LogP contribution in [0.2, 0.25) is 0 Å². The molecule has 80 valence electrons. The van der Waals surface area contributed by atoms with E-state index >= 15 is 0 Å². The lowest BCUT2D eigenvalue weighted by Crippen LogP contribution is -2.38. The monoisotopic (exact) mass is 195 g/mol. The summed E-state index contributed by atoms with van der Waals surface area (Å²) < 4.78 is 0. The minimum absolute atomic E-state index is 0.640. The zero-order valence-electron chi connectivity index (χ0n) is 9.37. The molecule has 3 heteroatoms. The minimum Gasteiger partial charge on any atom is -0.305 e. The Morgan fingerprint density at radius 2 is 2.21 bits per heavy atom. The second kappa shape index (κ2) is 6.00. The third kappa shape index (κ3) is 3.65. The van der Waals surface area contributed by atoms with Crippen molar-refractivity contribution >= 4 is 0 Å². The SMILES string of the molecule is CC1CN(C)CCCN1CCCC#N. The Kier molecular flexibility index (Phi) is 4.92. The molecule has 3 nitrogen and oxygen atoms in total. The second-order valence-corrected chi connectivity index (χ2v) is 4.26. The van der Waals surface area contributed by atoms with Crippen molar-refractivity contribution in [3.05, 3.63) is 0 Å². The molecule has 1 saturated heterocycles. The van der Waals surface area contributed by atoms with Crippen LogP contribution in [0.25, 0.3) is 0 Å². The summed E-state index contributed by atoms with van der Waals surface area (Å²) in [6.07, 6.45) is 2.97. The van der Waals surface area contributed by atoms with Gasteiger partial charge in [-0.2, -0.15) is 5.26 Å². The minimum atomic E-state index is 0.640. The summed E-state index contributed by atoms with van der Waals surface area (Å²) in [5.74, 6) is 0. The van der Waals surface area contributed by atoms with Crippen LogP contribution in [0.5, 0.6) is 0 Å². The fourth-order valence-electron chi connectivity index (χ4n) is 2.12. The first-order chi connectivity index (χ1) is 6.74. The van der Waals surface area contributed by atoms with Crippen LogP contribution in [0.3, 0.4) is 0 Å². The summed E-state index contributed by atoms with van der Waals surface area (Å²) in [4.78, 5) is 4.91. The smallest absolute Gasteiger partial charge is 0.0622 e. The van der Waals surface area contributed by atoms with Crippen molar-refractivity contribution in [3.63, 3.8) is 0 Å². The van der Waals surface area contributed by atoms with Gasteiger partial charge in [-0.1, -0.05) is 0 Å². The van der Waals surface area contributed by atoms with Gasteiger partial charge in [0, 0.05) is 19.0 Å². The van der Waals surface area contributed by atoms with Gasteiger partial charge in [0.15, 0.2) is 0 Å². The van der Waals surface area contributed by atoms with Crippen LogP contribution in [0.15, 0.2) is 0 Å². The quantitative estimate of drug-likeness (QED) is 0.636. The largest absolute Gasteiger partial charge is 0.305 e. The molecule has 0 radical (unpaired) electrons. The Bertz CT molecular complexity index is 197. The summed E-state index contributed by atoms with van der Waals surface area (Å²) >= 11 is 0. The van der Waals surface area contributed by atoms with Crippen LogP contribution >= 0.6 is 0 Å². The van der Waals surface area contributed by atoms with Gasteiger partial charge < -0.3 is 4.90 Å². The first kappa shape index (κ1) is 11.5. The van der Waals surface area contributed by atoms with Crippen LogP contribution in [0.1, 0.15) is 26.2 Å². The van der Waals surface area contributed by atoms with E-state index in [9.17, 15) is 0 Å². The van der Waals surface area contributed by atoms with Gasteiger partial charge >= 0.3 is 0 Å². The molecule has 0 spiro atoms. The van der Waals surface area contributed by atoms with Gasteiger partial charge in [0.05, 0.1) is 6.07 Å². The van der Waals surface area contributed by atoms with Crippen LogP contribution in [-0.2, 0) is 0 Å². The summed E-state index contributed by atoms with van der Waals surface area (Å²) in [6.45, 7) is 6.93. The molecule has 1 heterocycles. The molecule has 1 aliphatic rings. The van der Waals surface area contributed by atoms with E-state index in [1.807, 2.05) is 0 Å². The number of likely N-dealkylation sites (N-methyl/N-ethyl adjacent to an activating group) is 1. The van der Waals surface area contributed by atoms with Crippen molar-refractivity contribution in [2.24, 2.45) is 0 Å². The van der Waals surface area contributed by atoms with Gasteiger partial charge in [0.1, 0.15) is 0 Å². The highest BCUT2D eigenvalue weighted by Crippen LogP contribution is 2.09. The Labute approximate surface area is 87.3 Å². The highest BCUT2D eigenvalue weighted by atomic mass is 15.2. The lowest BCUT2D eigenvalue weighted by molar-refractivity contribution is 0.201. The van der Waals surface area contributed by atoms with E-state index < -0.39 is 0 Å². The molecule has 1 fully saturated rings. The third-order valence-electron chi connectivity index (χ3n) is 2.92. The molecular weight excluding hydrogens is 174 g/mol. The molecule has 14 heavy (non-hydrogen) atoms. The number of unbranched alkanes of at least 4 members (excludes halogenated alkanes) is 1. The van der Waals surface area contributed by atoms with Gasteiger partial charge in [-0.3, -0.25) is 4.90 Å². The first-order valence-electron chi connectivity index (χ1n) is 5.53. The Morgan fingerprint density at radius 1 is 1.43 bits per heavy atom. The van der Waals surface area contributed by atoms with E-state index in [-0.39, 0.29) is 0 Å². The maximum absolute atomic E-state index is 8.48. The Balaban J connectivity index is 2.31. The highest BCUT2D eigenvalue weighted by molar-refractivity contribution is 4.77. The summed E-state index contributed by atoms with van der Waals surface area (Å²) in [6, 6.07) is 2.85. The standard InChI is InChI=1S/C11H21N3/c1-11-10-13(2)7-5-9-14(11)8-4-3-6-12/h11H,3-5,7-10H2,1-2H3. The number of nitriles is 1. The van der Waals surface area contributed by atoms with Crippen LogP contribution in [-0.4, -0.2) is 49.1 Å². The summed E-state index contributed by atoms with van der Waals surface area (Å²) in [5, 5.41) is 8.48. The van der Waals surface area contributed by atoms with E-state index in [1.165, 1.54) is 19.5 Å². The summed E-state index contributed by atoms with van der Waals surface area (Å²) in [7, 11) is 2.19. The maximum Gasteiger partial charge on any atom is 0.0622 e. The molecular formula is C11H21N3. The number of rotatable bonds is 3. The normalized spacial score (nSPS) is 25.6. The van der Waals surface area contributed by atoms with Crippen molar-refractivity contribution in [2.45, 2.75) is 32.2 Å². The van der Waals surface area contributed by atoms with Gasteiger partial charge in [-0.05, 0) is 46.4 Å². The first-order valence-corrected chi connectivity index (χ1v) is 5.53. The number of hydrogen-bond donors (Lipinski definition) is 0. The third-order valence-corrected chi connectivity index (χ3v) is 2.92. The predicted molar refractivity (Wildman–Crippen MR) is 58.0 cm³/mol. The lowest BCUT2D eigenvalue weighted by atomic mass is 10.2. The molecule has 1 aliphatic heterocycles. The van der Waals surface area contributed by atoms with Gasteiger partial charge in [-0.15, -0.1) is 0 Å². The molecule has 1 unspecified atom stereocenters. The molecule has 1 atom stereocenters. The fourth-order valence-corrected chi connectivity index (χ4v) is 2.12. The summed E-state index contributed by atoms with van der Waals surface area (Å²) in [5.41, 5.74) is 0. The Hall–Kier alpha value is -0.590. The number of hydrogen-bond acceptors (Lipinski definition) is 3. The zero-order chi connectivity index (χ0) is 10.4. The van der Waals surface area contributed by atoms with E-state index in [2.05, 4.69) is 29.8 Å². The van der Waals surface area contributed by atoms with Gasteiger partial charge in [0.2, 0.25) is 0 Å². The molecule has 0 bridgehead atoms. The number of nitrogens with zero attached hydrogens (tertiary/aromatic N) is 3. The predicted octanol–water partition coefficient (Wildman–Crippen LogP) is 1.32. The molecule has 0 saturated carbocycles. The van der Waals surface area contributed by atoms with Crippen LogP contribution < -0.4 is 0 Å². The van der Waals surface area contributed by atoms with Gasteiger partial charge in [-0.25, -0.2) is 0 Å². The zero-order valence-corrected chi connectivity index (χ0v) is 9.37. The molecule has 0 amide bonds. The average Bonchev–Trinajstić information content (AvgIpc) is 2.29. The highest BCUT2D eigenvalue weighted by Gasteiger charge is 2.18. The molecule has 0 aromatic heterocycles. The lowest BCUT2D eigenvalue weighted by Gasteiger charge is -2.27. The Morgan fingerprint density at radius 3 is 2.93 bits per heavy atom. The van der Waals surface area contributed by atoms with E-state index in [1.54, 1.807) is 0 Å². The van der Waals surface area contributed by atoms with Crippen molar-refractivity contribution in [2.75, 3.05) is 33.2 Å². The van der Waals surface area contributed by atoms with Crippen molar-refractivity contribution in [3.8, 4) is 6.07 Å². The van der Waals surface area contributed by atoms with Crippen molar-refractivity contribution in [1.29, 1.82) is 5.26 Å². The molecule has 0 aliphatic carbocycles. The van der Waals surface area contributed by atoms with E-state index in [0.717, 1.165) is 19.5 Å². The molecule has 0 aromatic rings. The maximum atomic E-state index is 8.48. The van der Waals surface area contributed by atoms with Crippen LogP contribution in [0, 0.1) is 11.3 Å². The van der Waals surface area contributed by atoms with Crippen molar-refractivity contribution in [1.82, 2.24) is 9.80 Å². The topological polar surface area (TPSA) is 30.3 Å². The molecule has 1 rings (SSSR count). The van der Waals surface area contributed by atoms with Crippen LogP contribution in [0.4, 0.5) is 0 Å². The van der Waals surface area contributed by atoms with E-state index in [4.69, 9.17) is 5.26 Å². The second-order valence-electron chi connectivity index (χ2n) is 4.26. The van der Waals surface area contributed by atoms with Crippen molar-refractivity contribution < 1.29 is 0 Å². The fraction of sp³-hybridized carbons (Fsp3) is 0.909. The average molecular weight is 195 g/mol. The van der Waals surface area contributed by atoms with Gasteiger partial charge in [0.25, 0.3) is 0 Å².